The highest BCUT2D eigenvalue weighted by Crippen LogP contribution is 2.22. The number of hydrogen-bond acceptors (Lipinski definition) is 3. The van der Waals surface area contributed by atoms with Gasteiger partial charge in [-0.15, -0.1) is 0 Å². The molecule has 1 heterocycles. The minimum atomic E-state index is 0.586. The van der Waals surface area contributed by atoms with Gasteiger partial charge in [0.25, 0.3) is 0 Å². The number of rotatable bonds is 5. The average molecular weight is 262 g/mol. The Morgan fingerprint density at radius 3 is 2.37 bits per heavy atom. The van der Waals surface area contributed by atoms with Crippen molar-refractivity contribution in [1.29, 1.82) is 0 Å². The zero-order chi connectivity index (χ0) is 13.7. The van der Waals surface area contributed by atoms with Crippen molar-refractivity contribution in [2.75, 3.05) is 13.2 Å². The van der Waals surface area contributed by atoms with Gasteiger partial charge in [-0.1, -0.05) is 18.6 Å². The first-order chi connectivity index (χ1) is 9.20. The predicted octanol–water partition coefficient (Wildman–Crippen LogP) is 2.79. The van der Waals surface area contributed by atoms with Gasteiger partial charge in [0, 0.05) is 25.2 Å². The van der Waals surface area contributed by atoms with E-state index in [0.29, 0.717) is 18.6 Å². The van der Waals surface area contributed by atoms with E-state index in [4.69, 9.17) is 10.5 Å². The molecule has 0 spiro atoms. The van der Waals surface area contributed by atoms with Crippen molar-refractivity contribution in [2.24, 2.45) is 5.73 Å². The van der Waals surface area contributed by atoms with Gasteiger partial charge in [0.1, 0.15) is 12.4 Å². The summed E-state index contributed by atoms with van der Waals surface area (Å²) in [5.74, 6) is 0.939. The van der Waals surface area contributed by atoms with Gasteiger partial charge < -0.3 is 10.5 Å². The Bertz CT molecular complexity index is 367. The van der Waals surface area contributed by atoms with Gasteiger partial charge in [0.05, 0.1) is 0 Å². The first-order valence-electron chi connectivity index (χ1n) is 7.38. The van der Waals surface area contributed by atoms with Crippen LogP contribution in [0.4, 0.5) is 0 Å². The van der Waals surface area contributed by atoms with Crippen LogP contribution in [0.5, 0.6) is 5.75 Å². The molecule has 0 unspecified atom stereocenters. The Hall–Kier alpha value is -1.06. The fourth-order valence-corrected chi connectivity index (χ4v) is 2.91. The van der Waals surface area contributed by atoms with E-state index < -0.39 is 0 Å². The molecule has 0 saturated carbocycles. The molecule has 0 bridgehead atoms. The van der Waals surface area contributed by atoms with Crippen LogP contribution in [0.3, 0.4) is 0 Å². The molecular formula is C16H26N2O. The molecule has 1 aliphatic rings. The summed E-state index contributed by atoms with van der Waals surface area (Å²) in [5.41, 5.74) is 6.72. The quantitative estimate of drug-likeness (QED) is 0.887. The molecule has 2 N–H and O–H groups in total. The summed E-state index contributed by atoms with van der Waals surface area (Å²) < 4.78 is 5.82. The van der Waals surface area contributed by atoms with E-state index >= 15 is 0 Å². The molecular weight excluding hydrogens is 236 g/mol. The van der Waals surface area contributed by atoms with E-state index in [1.807, 2.05) is 24.3 Å². The van der Waals surface area contributed by atoms with E-state index in [1.54, 1.807) is 0 Å². The molecule has 1 aromatic rings. The molecule has 0 radical (unpaired) electrons. The van der Waals surface area contributed by atoms with E-state index in [9.17, 15) is 0 Å². The van der Waals surface area contributed by atoms with Crippen molar-refractivity contribution in [3.05, 3.63) is 29.8 Å². The van der Waals surface area contributed by atoms with Crippen LogP contribution in [-0.2, 0) is 6.54 Å². The largest absolute Gasteiger partial charge is 0.492 e. The molecule has 0 amide bonds. The lowest BCUT2D eigenvalue weighted by Crippen LogP contribution is -2.45. The maximum absolute atomic E-state index is 5.82. The highest BCUT2D eigenvalue weighted by Gasteiger charge is 2.23. The van der Waals surface area contributed by atoms with Crippen molar-refractivity contribution < 1.29 is 4.74 Å². The van der Waals surface area contributed by atoms with Crippen LogP contribution in [0.25, 0.3) is 0 Å². The zero-order valence-corrected chi connectivity index (χ0v) is 12.1. The molecule has 1 aliphatic heterocycles. The van der Waals surface area contributed by atoms with Gasteiger partial charge in [-0.2, -0.15) is 0 Å². The normalized spacial score (nSPS) is 24.4. The Morgan fingerprint density at radius 2 is 1.79 bits per heavy atom. The minimum absolute atomic E-state index is 0.586. The van der Waals surface area contributed by atoms with Crippen molar-refractivity contribution in [3.8, 4) is 5.75 Å². The van der Waals surface area contributed by atoms with Crippen molar-refractivity contribution >= 4 is 0 Å². The first-order valence-corrected chi connectivity index (χ1v) is 7.38. The first kappa shape index (κ1) is 14.4. The SMILES string of the molecule is C[C@@H]1CCC[C@H](C)N1CCOc1ccc(CN)cc1. The maximum Gasteiger partial charge on any atom is 0.119 e. The van der Waals surface area contributed by atoms with Gasteiger partial charge >= 0.3 is 0 Å². The second-order valence-corrected chi connectivity index (χ2v) is 5.56. The second kappa shape index (κ2) is 6.92. The maximum atomic E-state index is 5.82. The standard InChI is InChI=1S/C16H26N2O/c1-13-4-3-5-14(2)18(13)10-11-19-16-8-6-15(12-17)7-9-16/h6-9,13-14H,3-5,10-12,17H2,1-2H3/t13-,14+. The fraction of sp³-hybridized carbons (Fsp3) is 0.625. The number of benzene rings is 1. The van der Waals surface area contributed by atoms with Crippen LogP contribution >= 0.6 is 0 Å². The van der Waals surface area contributed by atoms with Crippen molar-refractivity contribution in [2.45, 2.75) is 51.7 Å². The van der Waals surface area contributed by atoms with Crippen LogP contribution in [-0.4, -0.2) is 30.1 Å². The average Bonchev–Trinajstić information content (AvgIpc) is 2.43. The summed E-state index contributed by atoms with van der Waals surface area (Å²) in [6, 6.07) is 9.44. The lowest BCUT2D eigenvalue weighted by atomic mass is 9.98. The number of nitrogens with two attached hydrogens (primary N) is 1. The molecule has 1 saturated heterocycles. The van der Waals surface area contributed by atoms with Crippen molar-refractivity contribution in [3.63, 3.8) is 0 Å². The summed E-state index contributed by atoms with van der Waals surface area (Å²) in [7, 11) is 0. The Kier molecular flexibility index (Phi) is 5.23. The van der Waals surface area contributed by atoms with E-state index in [2.05, 4.69) is 18.7 Å². The molecule has 3 heteroatoms. The van der Waals surface area contributed by atoms with E-state index in [0.717, 1.165) is 24.5 Å². The second-order valence-electron chi connectivity index (χ2n) is 5.56. The lowest BCUT2D eigenvalue weighted by Gasteiger charge is -2.38. The smallest absolute Gasteiger partial charge is 0.119 e. The summed E-state index contributed by atoms with van der Waals surface area (Å²) in [4.78, 5) is 2.57. The minimum Gasteiger partial charge on any atom is -0.492 e. The number of piperidine rings is 1. The van der Waals surface area contributed by atoms with Crippen molar-refractivity contribution in [1.82, 2.24) is 4.90 Å². The van der Waals surface area contributed by atoms with Crippen LogP contribution in [0.2, 0.25) is 0 Å². The van der Waals surface area contributed by atoms with Crippen LogP contribution < -0.4 is 10.5 Å². The highest BCUT2D eigenvalue weighted by molar-refractivity contribution is 5.27. The van der Waals surface area contributed by atoms with Crippen LogP contribution in [0.1, 0.15) is 38.7 Å². The number of hydrogen-bond donors (Lipinski definition) is 1. The van der Waals surface area contributed by atoms with Gasteiger partial charge in [-0.3, -0.25) is 4.90 Å². The molecule has 19 heavy (non-hydrogen) atoms. The molecule has 0 aliphatic carbocycles. The number of ether oxygens (including phenoxy) is 1. The summed E-state index contributed by atoms with van der Waals surface area (Å²) in [6.45, 7) is 7.01. The Balaban J connectivity index is 1.78. The van der Waals surface area contributed by atoms with E-state index in [1.165, 1.54) is 19.3 Å². The van der Waals surface area contributed by atoms with Gasteiger partial charge in [0.15, 0.2) is 0 Å². The third-order valence-electron chi connectivity index (χ3n) is 4.15. The van der Waals surface area contributed by atoms with Gasteiger partial charge in [-0.25, -0.2) is 0 Å². The summed E-state index contributed by atoms with van der Waals surface area (Å²) >= 11 is 0. The molecule has 2 atom stereocenters. The fourth-order valence-electron chi connectivity index (χ4n) is 2.91. The van der Waals surface area contributed by atoms with E-state index in [-0.39, 0.29) is 0 Å². The molecule has 3 nitrogen and oxygen atoms in total. The summed E-state index contributed by atoms with van der Waals surface area (Å²) in [5, 5.41) is 0. The Morgan fingerprint density at radius 1 is 1.16 bits per heavy atom. The third kappa shape index (κ3) is 3.95. The molecule has 1 aromatic carbocycles. The molecule has 2 rings (SSSR count). The Labute approximate surface area is 116 Å². The summed E-state index contributed by atoms with van der Waals surface area (Å²) in [6.07, 6.45) is 3.99. The monoisotopic (exact) mass is 262 g/mol. The van der Waals surface area contributed by atoms with Crippen LogP contribution in [0, 0.1) is 0 Å². The predicted molar refractivity (Wildman–Crippen MR) is 79.3 cm³/mol. The molecule has 1 fully saturated rings. The van der Waals surface area contributed by atoms with Crippen LogP contribution in [0.15, 0.2) is 24.3 Å². The lowest BCUT2D eigenvalue weighted by molar-refractivity contribution is 0.0851. The number of nitrogens with zero attached hydrogens (tertiary/aromatic N) is 1. The molecule has 0 aromatic heterocycles. The number of likely N-dealkylation sites (tertiary alicyclic amines) is 1. The molecule has 106 valence electrons. The third-order valence-corrected chi connectivity index (χ3v) is 4.15. The van der Waals surface area contributed by atoms with Gasteiger partial charge in [-0.05, 0) is 44.4 Å². The zero-order valence-electron chi connectivity index (χ0n) is 12.1. The topological polar surface area (TPSA) is 38.5 Å². The van der Waals surface area contributed by atoms with Gasteiger partial charge in [0.2, 0.25) is 0 Å². The highest BCUT2D eigenvalue weighted by atomic mass is 16.5.